The minimum Gasteiger partial charge on any atom is -0.481 e. The van der Waals surface area contributed by atoms with E-state index >= 15 is 0 Å². The van der Waals surface area contributed by atoms with Crippen molar-refractivity contribution in [2.24, 2.45) is 11.8 Å². The summed E-state index contributed by atoms with van der Waals surface area (Å²) in [6.45, 7) is 5.58. The average molecular weight is 313 g/mol. The Hall–Kier alpha value is -1.75. The van der Waals surface area contributed by atoms with Crippen molar-refractivity contribution < 1.29 is 14.7 Å². The maximum Gasteiger partial charge on any atom is 0.315 e. The summed E-state index contributed by atoms with van der Waals surface area (Å²) in [4.78, 5) is 22.8. The molecule has 0 heterocycles. The number of amides is 2. The number of aliphatic carboxylic acids is 1. The van der Waals surface area contributed by atoms with E-state index in [1.165, 1.54) is 0 Å². The third-order valence-corrected chi connectivity index (χ3v) is 3.57. The third kappa shape index (κ3) is 5.63. The lowest BCUT2D eigenvalue weighted by molar-refractivity contribution is -0.142. The van der Waals surface area contributed by atoms with Gasteiger partial charge in [-0.2, -0.15) is 0 Å². The fourth-order valence-electron chi connectivity index (χ4n) is 1.89. The van der Waals surface area contributed by atoms with E-state index in [0.717, 1.165) is 5.56 Å². The molecule has 0 aliphatic carbocycles. The zero-order valence-corrected chi connectivity index (χ0v) is 13.1. The Labute approximate surface area is 129 Å². The Morgan fingerprint density at radius 2 is 1.76 bits per heavy atom. The van der Waals surface area contributed by atoms with Gasteiger partial charge in [0.15, 0.2) is 0 Å². The number of nitrogens with one attached hydrogen (secondary N) is 2. The van der Waals surface area contributed by atoms with E-state index in [0.29, 0.717) is 5.02 Å². The number of carbonyl (C=O) groups is 2. The van der Waals surface area contributed by atoms with Crippen LogP contribution in [0.25, 0.3) is 0 Å². The first-order valence-electron chi connectivity index (χ1n) is 6.84. The molecule has 0 saturated heterocycles. The second-order valence-electron chi connectivity index (χ2n) is 5.32. The number of halogens is 1. The Morgan fingerprint density at radius 1 is 1.19 bits per heavy atom. The van der Waals surface area contributed by atoms with E-state index in [-0.39, 0.29) is 24.5 Å². The van der Waals surface area contributed by atoms with Gasteiger partial charge in [0.1, 0.15) is 0 Å². The van der Waals surface area contributed by atoms with Gasteiger partial charge in [0.05, 0.1) is 12.0 Å². The molecule has 2 unspecified atom stereocenters. The Balaban J connectivity index is 2.49. The zero-order valence-electron chi connectivity index (χ0n) is 12.4. The molecule has 0 radical (unpaired) electrons. The quantitative estimate of drug-likeness (QED) is 0.755. The summed E-state index contributed by atoms with van der Waals surface area (Å²) in [5.41, 5.74) is 0.924. The summed E-state index contributed by atoms with van der Waals surface area (Å²) in [6.07, 6.45) is 0. The molecule has 0 fully saturated rings. The summed E-state index contributed by atoms with van der Waals surface area (Å²) in [5, 5.41) is 15.1. The maximum atomic E-state index is 11.8. The number of carboxylic acids is 1. The van der Waals surface area contributed by atoms with E-state index in [1.54, 1.807) is 12.1 Å². The molecule has 116 valence electrons. The minimum absolute atomic E-state index is 0.0449. The van der Waals surface area contributed by atoms with Crippen molar-refractivity contribution in [1.82, 2.24) is 10.6 Å². The highest BCUT2D eigenvalue weighted by Gasteiger charge is 2.22. The van der Waals surface area contributed by atoms with Crippen LogP contribution in [0.4, 0.5) is 4.79 Å². The number of rotatable bonds is 6. The van der Waals surface area contributed by atoms with Crippen molar-refractivity contribution in [1.29, 1.82) is 0 Å². The molecule has 0 aliphatic rings. The van der Waals surface area contributed by atoms with E-state index in [1.807, 2.05) is 32.9 Å². The van der Waals surface area contributed by atoms with Crippen LogP contribution in [0.3, 0.4) is 0 Å². The van der Waals surface area contributed by atoms with E-state index in [4.69, 9.17) is 16.7 Å². The summed E-state index contributed by atoms with van der Waals surface area (Å²) in [6, 6.07) is 6.61. The Kier molecular flexibility index (Phi) is 6.49. The first kappa shape index (κ1) is 17.3. The molecule has 21 heavy (non-hydrogen) atoms. The number of benzene rings is 1. The first-order valence-corrected chi connectivity index (χ1v) is 7.21. The molecule has 0 spiro atoms. The monoisotopic (exact) mass is 312 g/mol. The van der Waals surface area contributed by atoms with Crippen molar-refractivity contribution in [3.8, 4) is 0 Å². The van der Waals surface area contributed by atoms with Crippen molar-refractivity contribution in [3.63, 3.8) is 0 Å². The molecule has 0 saturated carbocycles. The lowest BCUT2D eigenvalue weighted by atomic mass is 9.96. The molecule has 0 bridgehead atoms. The third-order valence-electron chi connectivity index (χ3n) is 3.32. The molecule has 0 aliphatic heterocycles. The number of urea groups is 1. The molecular weight excluding hydrogens is 292 g/mol. The van der Waals surface area contributed by atoms with Crippen LogP contribution in [-0.4, -0.2) is 23.7 Å². The van der Waals surface area contributed by atoms with Crippen LogP contribution in [0.5, 0.6) is 0 Å². The largest absolute Gasteiger partial charge is 0.481 e. The molecule has 1 rings (SSSR count). The van der Waals surface area contributed by atoms with E-state index in [9.17, 15) is 9.59 Å². The lowest BCUT2D eigenvalue weighted by Crippen LogP contribution is -2.42. The zero-order chi connectivity index (χ0) is 16.0. The van der Waals surface area contributed by atoms with Gasteiger partial charge in [0.2, 0.25) is 0 Å². The van der Waals surface area contributed by atoms with Gasteiger partial charge in [-0.15, -0.1) is 0 Å². The fourth-order valence-corrected chi connectivity index (χ4v) is 2.02. The number of hydrogen-bond donors (Lipinski definition) is 3. The van der Waals surface area contributed by atoms with Gasteiger partial charge >= 0.3 is 12.0 Å². The second-order valence-corrected chi connectivity index (χ2v) is 5.75. The van der Waals surface area contributed by atoms with Crippen molar-refractivity contribution in [2.45, 2.75) is 26.8 Å². The molecule has 1 aromatic rings. The maximum absolute atomic E-state index is 11.8. The minimum atomic E-state index is -0.906. The standard InChI is InChI=1S/C15H21ClN2O3/c1-9(2)13(14(19)20)8-17-15(21)18-10(3)11-4-6-12(16)7-5-11/h4-7,9-10,13H,8H2,1-3H3,(H,19,20)(H2,17,18,21). The molecule has 5 nitrogen and oxygen atoms in total. The number of carboxylic acid groups (broad SMARTS) is 1. The normalized spacial score (nSPS) is 13.6. The molecule has 2 amide bonds. The highest BCUT2D eigenvalue weighted by Crippen LogP contribution is 2.16. The van der Waals surface area contributed by atoms with Gasteiger partial charge in [-0.25, -0.2) is 4.79 Å². The van der Waals surface area contributed by atoms with Crippen LogP contribution in [-0.2, 0) is 4.79 Å². The summed E-state index contributed by atoms with van der Waals surface area (Å²) in [5.74, 6) is -1.55. The molecule has 2 atom stereocenters. The molecule has 6 heteroatoms. The SMILES string of the molecule is CC(NC(=O)NCC(C(=O)O)C(C)C)c1ccc(Cl)cc1. The predicted octanol–water partition coefficient (Wildman–Crippen LogP) is 3.06. The van der Waals surface area contributed by atoms with Crippen molar-refractivity contribution in [2.75, 3.05) is 6.54 Å². The van der Waals surface area contributed by atoms with Crippen LogP contribution in [0, 0.1) is 11.8 Å². The molecule has 0 aromatic heterocycles. The lowest BCUT2D eigenvalue weighted by Gasteiger charge is -2.19. The van der Waals surface area contributed by atoms with Crippen LogP contribution in [0.15, 0.2) is 24.3 Å². The van der Waals surface area contributed by atoms with Gasteiger partial charge in [-0.1, -0.05) is 37.6 Å². The van der Waals surface area contributed by atoms with Crippen LogP contribution < -0.4 is 10.6 Å². The number of carbonyl (C=O) groups excluding carboxylic acids is 1. The topological polar surface area (TPSA) is 78.4 Å². The van der Waals surface area contributed by atoms with Crippen molar-refractivity contribution in [3.05, 3.63) is 34.9 Å². The van der Waals surface area contributed by atoms with E-state index < -0.39 is 11.9 Å². The Morgan fingerprint density at radius 3 is 2.24 bits per heavy atom. The van der Waals surface area contributed by atoms with Crippen LogP contribution >= 0.6 is 11.6 Å². The van der Waals surface area contributed by atoms with Gasteiger partial charge in [0.25, 0.3) is 0 Å². The smallest absolute Gasteiger partial charge is 0.315 e. The highest BCUT2D eigenvalue weighted by molar-refractivity contribution is 6.30. The van der Waals surface area contributed by atoms with E-state index in [2.05, 4.69) is 10.6 Å². The summed E-state index contributed by atoms with van der Waals surface area (Å²) < 4.78 is 0. The first-order chi connectivity index (χ1) is 9.81. The highest BCUT2D eigenvalue weighted by atomic mass is 35.5. The van der Waals surface area contributed by atoms with Gasteiger partial charge < -0.3 is 15.7 Å². The summed E-state index contributed by atoms with van der Waals surface area (Å²) >= 11 is 5.81. The second kappa shape index (κ2) is 7.88. The van der Waals surface area contributed by atoms with Gasteiger partial charge in [-0.05, 0) is 30.5 Å². The molecule has 1 aromatic carbocycles. The summed E-state index contributed by atoms with van der Waals surface area (Å²) in [7, 11) is 0. The van der Waals surface area contributed by atoms with Crippen LogP contribution in [0.1, 0.15) is 32.4 Å². The van der Waals surface area contributed by atoms with Crippen molar-refractivity contribution >= 4 is 23.6 Å². The van der Waals surface area contributed by atoms with Gasteiger partial charge in [0, 0.05) is 11.6 Å². The number of hydrogen-bond acceptors (Lipinski definition) is 2. The molecular formula is C15H21ClN2O3. The van der Waals surface area contributed by atoms with Crippen LogP contribution in [0.2, 0.25) is 5.02 Å². The molecule has 3 N–H and O–H groups in total. The average Bonchev–Trinajstić information content (AvgIpc) is 2.38. The predicted molar refractivity (Wildman–Crippen MR) is 82.4 cm³/mol. The Bertz CT molecular complexity index is 488. The van der Waals surface area contributed by atoms with Gasteiger partial charge in [-0.3, -0.25) is 4.79 Å². The fraction of sp³-hybridized carbons (Fsp3) is 0.467.